The molecule has 1 aromatic carbocycles. The standard InChI is InChI=1S/C34H37N11O10P2S2.C5H5N/c1-18(2)30(46)42-34-41-29-26(32(48)43-34)39-17-45(29)33-22-11-20(52-33)13-51-57(59,50-10-6-9-35)55-21-12-24(53-23(21)14-49-56(58)54-22)44-16-38-25-27(36-15-37-28(25)44)40-31(47)19-7-4-3-5-8-19;1-2-4-6-5-3-1/h3-5,7-8,15-18,20-24,33,58H,6,10-14H2,1-2H3,(H,36,37,40,47)(H2,41,42,43,46,48);1-5H/t20-,21-,22+,23+,24+,33+,56?,57?;/m0./s1. The molecule has 0 spiro atoms. The van der Waals surface area contributed by atoms with E-state index in [-0.39, 0.29) is 79.7 Å². The fourth-order valence-corrected chi connectivity index (χ4v) is 10.4. The molecule has 3 saturated heterocycles. The van der Waals surface area contributed by atoms with Crippen LogP contribution in [0.3, 0.4) is 0 Å². The Morgan fingerprint density at radius 3 is 2.49 bits per heavy atom. The predicted octanol–water partition coefficient (Wildman–Crippen LogP) is 5.59. The van der Waals surface area contributed by atoms with E-state index in [0.717, 1.165) is 0 Å². The molecular weight excluding hydrogens is 923 g/mol. The summed E-state index contributed by atoms with van der Waals surface area (Å²) in [7, 11) is -1.87. The third-order valence-electron chi connectivity index (χ3n) is 10.0. The summed E-state index contributed by atoms with van der Waals surface area (Å²) in [6.07, 6.45) is 3.87. The average Bonchev–Trinajstić information content (AvgIpc) is 4.11. The number of aromatic amines is 1. The van der Waals surface area contributed by atoms with Crippen molar-refractivity contribution < 1.29 is 41.7 Å². The first-order chi connectivity index (χ1) is 31.5. The van der Waals surface area contributed by atoms with Crippen LogP contribution in [-0.4, -0.2) is 100 Å². The van der Waals surface area contributed by atoms with E-state index in [1.54, 1.807) is 55.1 Å². The topological polar surface area (TPSA) is 267 Å². The van der Waals surface area contributed by atoms with Crippen LogP contribution >= 0.6 is 26.5 Å². The number of amides is 2. The van der Waals surface area contributed by atoms with Crippen LogP contribution in [0, 0.1) is 17.2 Å². The third kappa shape index (κ3) is 11.1. The van der Waals surface area contributed by atoms with Gasteiger partial charge in [0, 0.05) is 36.7 Å². The Hall–Kier alpha value is -5.15. The number of carbonyl (C=O) groups is 2. The minimum Gasteiger partial charge on any atom is -0.349 e. The molecule has 0 aliphatic carbocycles. The number of carbonyl (C=O) groups excluding carboxylic acids is 2. The van der Waals surface area contributed by atoms with Gasteiger partial charge >= 0.3 is 6.72 Å². The minimum absolute atomic E-state index is 0.0208. The molecule has 26 heteroatoms. The summed E-state index contributed by atoms with van der Waals surface area (Å²) >= 11 is 10.6. The summed E-state index contributed by atoms with van der Waals surface area (Å²) < 4.78 is 47.4. The number of hydrogen-bond acceptors (Lipinski definition) is 19. The maximum Gasteiger partial charge on any atom is 0.327 e. The molecule has 2 unspecified atom stereocenters. The number of benzene rings is 1. The maximum atomic E-state index is 13.0. The largest absolute Gasteiger partial charge is 0.349 e. The summed E-state index contributed by atoms with van der Waals surface area (Å²) in [6.45, 7) is -0.368. The Balaban J connectivity index is 0.000000888. The quantitative estimate of drug-likeness (QED) is 0.0781. The zero-order valence-electron chi connectivity index (χ0n) is 34.6. The lowest BCUT2D eigenvalue weighted by atomic mass is 10.2. The number of fused-ring (bicyclic) bond motifs is 5. The molecule has 2 bridgehead atoms. The van der Waals surface area contributed by atoms with Crippen molar-refractivity contribution in [1.82, 2.24) is 44.0 Å². The highest BCUT2D eigenvalue weighted by molar-refractivity contribution is 8.41. The Kier molecular flexibility index (Phi) is 15.0. The second kappa shape index (κ2) is 21.0. The normalized spacial score (nSPS) is 25.6. The van der Waals surface area contributed by atoms with Crippen LogP contribution in [0.25, 0.3) is 22.3 Å². The predicted molar refractivity (Wildman–Crippen MR) is 241 cm³/mol. The van der Waals surface area contributed by atoms with Crippen molar-refractivity contribution in [3.8, 4) is 6.07 Å². The van der Waals surface area contributed by atoms with Gasteiger partial charge in [-0.1, -0.05) is 50.4 Å². The maximum absolute atomic E-state index is 13.0. The number of nitrogens with one attached hydrogen (secondary N) is 3. The van der Waals surface area contributed by atoms with Gasteiger partial charge < -0.3 is 37.4 Å². The van der Waals surface area contributed by atoms with Crippen molar-refractivity contribution >= 4 is 84.3 Å². The SMILES string of the molecule is CC(C)C(=O)Nc1nc2c(ncn2[C@@H]2O[C@@H]3COP(=S)(OCCC#N)O[C@H]4C[C@H](n5cnc6c(NC(=O)c7ccccc7)ncnc65)O[C@@H]4COP(S)O[C@@H]2C3)c(=O)[nH]1.c1ccncc1. The number of nitrogens with zero attached hydrogens (tertiary/aromatic N) is 9. The highest BCUT2D eigenvalue weighted by Crippen LogP contribution is 2.56. The Bertz CT molecular complexity index is 2740. The van der Waals surface area contributed by atoms with Gasteiger partial charge in [-0.15, -0.1) is 0 Å². The Morgan fingerprint density at radius 2 is 1.75 bits per heavy atom. The number of imidazole rings is 2. The monoisotopic (exact) mass is 964 g/mol. The molecule has 6 aromatic rings. The second-order valence-electron chi connectivity index (χ2n) is 14.8. The Labute approximate surface area is 382 Å². The second-order valence-corrected chi connectivity index (χ2v) is 19.7. The number of pyridine rings is 1. The number of aromatic nitrogens is 9. The fraction of sp³-hybridized carbons (Fsp3) is 0.385. The zero-order valence-corrected chi connectivity index (χ0v) is 38.1. The minimum atomic E-state index is -3.59. The smallest absolute Gasteiger partial charge is 0.327 e. The molecule has 340 valence electrons. The van der Waals surface area contributed by atoms with E-state index >= 15 is 0 Å². The molecule has 2 amide bonds. The van der Waals surface area contributed by atoms with Crippen molar-refractivity contribution in [3.63, 3.8) is 0 Å². The summed E-state index contributed by atoms with van der Waals surface area (Å²) in [5.41, 5.74) is 0.780. The van der Waals surface area contributed by atoms with Crippen molar-refractivity contribution in [1.29, 1.82) is 5.26 Å². The molecule has 3 aliphatic heterocycles. The first-order valence-electron chi connectivity index (χ1n) is 20.2. The van der Waals surface area contributed by atoms with Crippen molar-refractivity contribution in [2.45, 2.75) is 70.0 Å². The third-order valence-corrected chi connectivity index (χ3v) is 13.9. The molecule has 0 saturated carbocycles. The number of nitriles is 1. The zero-order chi connectivity index (χ0) is 45.5. The number of H-pyrrole nitrogens is 1. The van der Waals surface area contributed by atoms with Crippen LogP contribution in [-0.2, 0) is 48.7 Å². The van der Waals surface area contributed by atoms with E-state index in [0.29, 0.717) is 16.7 Å². The molecule has 65 heavy (non-hydrogen) atoms. The van der Waals surface area contributed by atoms with Crippen LogP contribution in [0.2, 0.25) is 0 Å². The molecule has 9 rings (SSSR count). The van der Waals surface area contributed by atoms with Gasteiger partial charge in [-0.3, -0.25) is 38.8 Å². The first-order valence-corrected chi connectivity index (χ1v) is 25.1. The van der Waals surface area contributed by atoms with E-state index < -0.39 is 56.7 Å². The number of hydrogen-bond donors (Lipinski definition) is 4. The van der Waals surface area contributed by atoms with E-state index in [2.05, 4.69) is 57.8 Å². The van der Waals surface area contributed by atoms with E-state index in [4.69, 9.17) is 43.9 Å². The first kappa shape index (κ1) is 46.4. The molecule has 8 heterocycles. The molecule has 3 aliphatic rings. The number of rotatable bonds is 9. The van der Waals surface area contributed by atoms with E-state index in [9.17, 15) is 19.6 Å². The van der Waals surface area contributed by atoms with Crippen molar-refractivity contribution in [3.05, 3.63) is 95.8 Å². The number of anilines is 2. The van der Waals surface area contributed by atoms with Gasteiger partial charge in [-0.25, -0.2) is 19.9 Å². The van der Waals surface area contributed by atoms with Gasteiger partial charge in [0.25, 0.3) is 11.5 Å². The van der Waals surface area contributed by atoms with Crippen LogP contribution in [0.15, 0.2) is 84.7 Å². The van der Waals surface area contributed by atoms with Gasteiger partial charge in [0.2, 0.25) is 19.4 Å². The summed E-state index contributed by atoms with van der Waals surface area (Å²) in [6, 6.07) is 16.5. The van der Waals surface area contributed by atoms with Crippen LogP contribution < -0.4 is 16.2 Å². The summed E-state index contributed by atoms with van der Waals surface area (Å²) in [5, 5.41) is 14.7. The molecular formula is C39H42N12O10P2S2. The number of ether oxygens (including phenoxy) is 2. The van der Waals surface area contributed by atoms with E-state index in [1.807, 2.05) is 30.3 Å². The van der Waals surface area contributed by atoms with E-state index in [1.165, 1.54) is 23.5 Å². The Morgan fingerprint density at radius 1 is 0.985 bits per heavy atom. The lowest BCUT2D eigenvalue weighted by molar-refractivity contribution is -0.118. The van der Waals surface area contributed by atoms with Crippen LogP contribution in [0.1, 0.15) is 55.9 Å². The molecule has 3 N–H and O–H groups in total. The van der Waals surface area contributed by atoms with Crippen molar-refractivity contribution in [2.24, 2.45) is 5.92 Å². The summed E-state index contributed by atoms with van der Waals surface area (Å²) in [5.74, 6) is -0.898. The fourth-order valence-electron chi connectivity index (χ4n) is 6.89. The molecule has 22 nitrogen and oxygen atoms in total. The van der Waals surface area contributed by atoms with Crippen LogP contribution in [0.4, 0.5) is 11.8 Å². The van der Waals surface area contributed by atoms with Gasteiger partial charge in [0.05, 0.1) is 57.2 Å². The number of thiol groups is 1. The lowest BCUT2D eigenvalue weighted by Gasteiger charge is -2.28. The van der Waals surface area contributed by atoms with Gasteiger partial charge in [-0.2, -0.15) is 10.2 Å². The lowest BCUT2D eigenvalue weighted by Crippen LogP contribution is -2.29. The highest BCUT2D eigenvalue weighted by atomic mass is 32.7. The van der Waals surface area contributed by atoms with Crippen molar-refractivity contribution in [2.75, 3.05) is 30.5 Å². The van der Waals surface area contributed by atoms with Gasteiger partial charge in [-0.05, 0) is 36.1 Å². The van der Waals surface area contributed by atoms with Gasteiger partial charge in [0.15, 0.2) is 34.4 Å². The highest BCUT2D eigenvalue weighted by Gasteiger charge is 2.45. The van der Waals surface area contributed by atoms with Crippen LogP contribution in [0.5, 0.6) is 0 Å². The molecule has 3 fully saturated rings. The average molecular weight is 965 g/mol. The van der Waals surface area contributed by atoms with Gasteiger partial charge in [0.1, 0.15) is 24.8 Å². The molecule has 8 atom stereocenters. The molecule has 0 radical (unpaired) electrons. The molecule has 5 aromatic heterocycles. The summed E-state index contributed by atoms with van der Waals surface area (Å²) in [4.78, 5) is 66.6.